The van der Waals surface area contributed by atoms with Gasteiger partial charge in [0.1, 0.15) is 0 Å². The number of aryl methyl sites for hydroxylation is 1. The molecule has 4 nitrogen and oxygen atoms in total. The largest absolute Gasteiger partial charge is 0.384 e. The first kappa shape index (κ1) is 14.1. The molecule has 1 atom stereocenters. The van der Waals surface area contributed by atoms with Gasteiger partial charge in [-0.05, 0) is 24.5 Å². The van der Waals surface area contributed by atoms with E-state index in [2.05, 4.69) is 15.9 Å². The first-order valence-corrected chi connectivity index (χ1v) is 6.02. The summed E-state index contributed by atoms with van der Waals surface area (Å²) in [5.41, 5.74) is 0.259. The molecule has 0 aliphatic rings. The van der Waals surface area contributed by atoms with Crippen LogP contribution in [0.5, 0.6) is 0 Å². The second kappa shape index (κ2) is 6.66. The average molecular weight is 306 g/mol. The van der Waals surface area contributed by atoms with E-state index in [1.165, 1.54) is 12.1 Å². The number of halogens is 2. The first-order valence-electron chi connectivity index (χ1n) is 5.10. The molecular weight excluding hydrogens is 293 g/mol. The summed E-state index contributed by atoms with van der Waals surface area (Å²) in [4.78, 5) is 9.90. The Balaban J connectivity index is 2.62. The Morgan fingerprint density at radius 2 is 2.29 bits per heavy atom. The van der Waals surface area contributed by atoms with E-state index in [0.717, 1.165) is 12.0 Å². The van der Waals surface area contributed by atoms with Crippen molar-refractivity contribution in [3.05, 3.63) is 39.7 Å². The van der Waals surface area contributed by atoms with E-state index in [-0.39, 0.29) is 4.83 Å². The highest BCUT2D eigenvalue weighted by atomic mass is 79.9. The number of hydrogen-bond donors (Lipinski definition) is 0. The summed E-state index contributed by atoms with van der Waals surface area (Å²) in [5.74, 6) is -0.787. The summed E-state index contributed by atoms with van der Waals surface area (Å²) < 4.78 is 18.3. The van der Waals surface area contributed by atoms with Gasteiger partial charge >= 0.3 is 5.69 Å². The molecule has 1 aromatic rings. The number of benzene rings is 1. The predicted octanol–water partition coefficient (Wildman–Crippen LogP) is 3.08. The lowest BCUT2D eigenvalue weighted by molar-refractivity contribution is -0.387. The van der Waals surface area contributed by atoms with Crippen LogP contribution in [0.2, 0.25) is 0 Å². The zero-order chi connectivity index (χ0) is 12.8. The topological polar surface area (TPSA) is 52.4 Å². The smallest absolute Gasteiger partial charge is 0.304 e. The molecular formula is C11H13BrFNO3. The van der Waals surface area contributed by atoms with Crippen molar-refractivity contribution in [1.29, 1.82) is 0 Å². The fourth-order valence-electron chi connectivity index (χ4n) is 1.44. The Hall–Kier alpha value is -1.01. The highest BCUT2D eigenvalue weighted by Crippen LogP contribution is 2.20. The number of nitrogens with zero attached hydrogens (tertiary/aromatic N) is 1. The molecule has 0 bridgehead atoms. The molecule has 1 rings (SSSR count). The van der Waals surface area contributed by atoms with Gasteiger partial charge in [0.25, 0.3) is 0 Å². The summed E-state index contributed by atoms with van der Waals surface area (Å²) in [6.07, 6.45) is 1.43. The third-order valence-corrected chi connectivity index (χ3v) is 3.02. The molecule has 17 heavy (non-hydrogen) atoms. The lowest BCUT2D eigenvalue weighted by Gasteiger charge is -2.08. The summed E-state index contributed by atoms with van der Waals surface area (Å²) >= 11 is 3.42. The van der Waals surface area contributed by atoms with E-state index < -0.39 is 16.4 Å². The van der Waals surface area contributed by atoms with Crippen molar-refractivity contribution in [3.63, 3.8) is 0 Å². The number of nitro benzene ring substituents is 1. The maximum atomic E-state index is 13.3. The van der Waals surface area contributed by atoms with Crippen LogP contribution in [0.25, 0.3) is 0 Å². The normalized spacial score (nSPS) is 12.4. The average Bonchev–Trinajstić information content (AvgIpc) is 2.26. The molecule has 0 aliphatic carbocycles. The molecule has 0 aliphatic heterocycles. The van der Waals surface area contributed by atoms with Gasteiger partial charge in [-0.3, -0.25) is 10.1 Å². The van der Waals surface area contributed by atoms with Crippen molar-refractivity contribution < 1.29 is 14.1 Å². The van der Waals surface area contributed by atoms with Gasteiger partial charge in [0.05, 0.1) is 11.5 Å². The fraction of sp³-hybridized carbons (Fsp3) is 0.455. The van der Waals surface area contributed by atoms with Crippen LogP contribution in [0.3, 0.4) is 0 Å². The Morgan fingerprint density at radius 3 is 2.82 bits per heavy atom. The van der Waals surface area contributed by atoms with E-state index >= 15 is 0 Å². The monoisotopic (exact) mass is 305 g/mol. The van der Waals surface area contributed by atoms with Gasteiger partial charge in [0, 0.05) is 18.0 Å². The van der Waals surface area contributed by atoms with E-state index in [1.54, 1.807) is 13.2 Å². The number of hydrogen-bond acceptors (Lipinski definition) is 3. The quantitative estimate of drug-likeness (QED) is 0.461. The molecule has 0 fully saturated rings. The van der Waals surface area contributed by atoms with Crippen LogP contribution < -0.4 is 0 Å². The SMILES string of the molecule is COCC(Br)CCc1ccc([N+](=O)[O-])c(F)c1. The molecule has 0 radical (unpaired) electrons. The molecule has 6 heteroatoms. The maximum absolute atomic E-state index is 13.3. The molecule has 0 N–H and O–H groups in total. The van der Waals surface area contributed by atoms with Gasteiger partial charge in [-0.15, -0.1) is 0 Å². The minimum atomic E-state index is -0.787. The third-order valence-electron chi connectivity index (χ3n) is 2.30. The molecule has 0 heterocycles. The van der Waals surface area contributed by atoms with Crippen molar-refractivity contribution in [2.24, 2.45) is 0 Å². The summed E-state index contributed by atoms with van der Waals surface area (Å²) in [6.45, 7) is 0.579. The standard InChI is InChI=1S/C11H13BrFNO3/c1-17-7-9(12)4-2-8-3-5-11(14(15)16)10(13)6-8/h3,5-6,9H,2,4,7H2,1H3. The summed E-state index contributed by atoms with van der Waals surface area (Å²) in [7, 11) is 1.61. The van der Waals surface area contributed by atoms with Crippen molar-refractivity contribution >= 4 is 21.6 Å². The van der Waals surface area contributed by atoms with E-state index in [9.17, 15) is 14.5 Å². The zero-order valence-corrected chi connectivity index (χ0v) is 10.9. The van der Waals surface area contributed by atoms with Crippen molar-refractivity contribution in [2.75, 3.05) is 13.7 Å². The van der Waals surface area contributed by atoms with Crippen molar-refractivity contribution in [3.8, 4) is 0 Å². The van der Waals surface area contributed by atoms with Gasteiger partial charge in [0.15, 0.2) is 0 Å². The van der Waals surface area contributed by atoms with Crippen molar-refractivity contribution in [1.82, 2.24) is 0 Å². The van der Waals surface area contributed by atoms with Crippen LogP contribution in [0.1, 0.15) is 12.0 Å². The van der Waals surface area contributed by atoms with Crippen LogP contribution in [0, 0.1) is 15.9 Å². The van der Waals surface area contributed by atoms with Gasteiger partial charge in [-0.25, -0.2) is 0 Å². The second-order valence-electron chi connectivity index (χ2n) is 3.63. The molecule has 0 spiro atoms. The minimum Gasteiger partial charge on any atom is -0.384 e. The Labute approximate surface area is 107 Å². The Morgan fingerprint density at radius 1 is 1.59 bits per heavy atom. The third kappa shape index (κ3) is 4.40. The first-order chi connectivity index (χ1) is 8.04. The molecule has 0 saturated carbocycles. The minimum absolute atomic E-state index is 0.200. The summed E-state index contributed by atoms with van der Waals surface area (Å²) in [6, 6.07) is 3.99. The molecule has 94 valence electrons. The Kier molecular flexibility index (Phi) is 5.50. The highest BCUT2D eigenvalue weighted by Gasteiger charge is 2.14. The van der Waals surface area contributed by atoms with Gasteiger partial charge in [-0.1, -0.05) is 22.0 Å². The molecule has 1 unspecified atom stereocenters. The van der Waals surface area contributed by atoms with Gasteiger partial charge in [0.2, 0.25) is 5.82 Å². The molecule has 0 aromatic heterocycles. The zero-order valence-electron chi connectivity index (χ0n) is 9.36. The predicted molar refractivity (Wildman–Crippen MR) is 66.0 cm³/mol. The Bertz CT molecular complexity index is 400. The van der Waals surface area contributed by atoms with Crippen molar-refractivity contribution in [2.45, 2.75) is 17.7 Å². The van der Waals surface area contributed by atoms with Crippen LogP contribution in [-0.2, 0) is 11.2 Å². The van der Waals surface area contributed by atoms with Crippen LogP contribution >= 0.6 is 15.9 Å². The highest BCUT2D eigenvalue weighted by molar-refractivity contribution is 9.09. The molecule has 0 amide bonds. The van der Waals surface area contributed by atoms with Crippen LogP contribution in [-0.4, -0.2) is 23.5 Å². The number of rotatable bonds is 6. The number of nitro groups is 1. The lowest BCUT2D eigenvalue weighted by Crippen LogP contribution is -2.07. The van der Waals surface area contributed by atoms with Gasteiger partial charge in [-0.2, -0.15) is 4.39 Å². The number of methoxy groups -OCH3 is 1. The van der Waals surface area contributed by atoms with Crippen LogP contribution in [0.15, 0.2) is 18.2 Å². The summed E-state index contributed by atoms with van der Waals surface area (Å²) in [5, 5.41) is 10.4. The number of alkyl halides is 1. The maximum Gasteiger partial charge on any atom is 0.304 e. The van der Waals surface area contributed by atoms with E-state index in [1.807, 2.05) is 0 Å². The van der Waals surface area contributed by atoms with E-state index in [4.69, 9.17) is 4.74 Å². The van der Waals surface area contributed by atoms with Crippen LogP contribution in [0.4, 0.5) is 10.1 Å². The second-order valence-corrected chi connectivity index (χ2v) is 4.93. The van der Waals surface area contributed by atoms with E-state index in [0.29, 0.717) is 13.0 Å². The fourth-order valence-corrected chi connectivity index (χ4v) is 1.93. The molecule has 0 saturated heterocycles. The van der Waals surface area contributed by atoms with Gasteiger partial charge < -0.3 is 4.74 Å². The molecule has 1 aromatic carbocycles. The number of ether oxygens (including phenoxy) is 1. The lowest BCUT2D eigenvalue weighted by atomic mass is 10.1.